The predicted molar refractivity (Wildman–Crippen MR) is 57.4 cm³/mol. The van der Waals surface area contributed by atoms with Gasteiger partial charge in [-0.1, -0.05) is 25.4 Å². The molecule has 0 saturated heterocycles. The molecule has 0 radical (unpaired) electrons. The summed E-state index contributed by atoms with van der Waals surface area (Å²) in [6, 6.07) is 0. The van der Waals surface area contributed by atoms with E-state index in [4.69, 9.17) is 17.3 Å². The predicted octanol–water partition coefficient (Wildman–Crippen LogP) is 2.36. The summed E-state index contributed by atoms with van der Waals surface area (Å²) in [7, 11) is 0. The number of nitrogens with two attached hydrogens (primary N) is 1. The maximum atomic E-state index is 5.90. The van der Waals surface area contributed by atoms with Crippen molar-refractivity contribution in [1.29, 1.82) is 0 Å². The SMILES string of the molecule is C/C(CN)=C(\Cl)c1ncc[nH]1.CC. The van der Waals surface area contributed by atoms with Crippen molar-refractivity contribution in [3.8, 4) is 0 Å². The lowest BCUT2D eigenvalue weighted by atomic mass is 10.3. The second kappa shape index (κ2) is 6.69. The number of aromatic amines is 1. The second-order valence-electron chi connectivity index (χ2n) is 2.24. The van der Waals surface area contributed by atoms with Crippen molar-refractivity contribution in [1.82, 2.24) is 9.97 Å². The van der Waals surface area contributed by atoms with Crippen LogP contribution in [0.3, 0.4) is 0 Å². The number of nitrogens with zero attached hydrogens (tertiary/aromatic N) is 1. The topological polar surface area (TPSA) is 54.7 Å². The average molecular weight is 202 g/mol. The second-order valence-corrected chi connectivity index (χ2v) is 2.61. The van der Waals surface area contributed by atoms with Crippen LogP contribution >= 0.6 is 11.6 Å². The molecule has 1 rings (SSSR count). The van der Waals surface area contributed by atoms with Crippen molar-refractivity contribution in [2.24, 2.45) is 5.73 Å². The van der Waals surface area contributed by atoms with E-state index in [0.717, 1.165) is 5.57 Å². The zero-order chi connectivity index (χ0) is 10.3. The average Bonchev–Trinajstić information content (AvgIpc) is 2.71. The van der Waals surface area contributed by atoms with E-state index in [1.165, 1.54) is 0 Å². The maximum absolute atomic E-state index is 5.90. The number of halogens is 1. The lowest BCUT2D eigenvalue weighted by molar-refractivity contribution is 1.13. The van der Waals surface area contributed by atoms with Crippen molar-refractivity contribution < 1.29 is 0 Å². The minimum Gasteiger partial charge on any atom is -0.344 e. The first-order valence-corrected chi connectivity index (χ1v) is 4.68. The third-order valence-corrected chi connectivity index (χ3v) is 1.89. The van der Waals surface area contributed by atoms with Gasteiger partial charge in [-0.25, -0.2) is 4.98 Å². The minimum absolute atomic E-state index is 0.458. The molecule has 0 amide bonds. The lowest BCUT2D eigenvalue weighted by Gasteiger charge is -1.98. The van der Waals surface area contributed by atoms with Crippen LogP contribution in [-0.4, -0.2) is 16.5 Å². The zero-order valence-corrected chi connectivity index (χ0v) is 9.02. The molecule has 4 heteroatoms. The number of aromatic nitrogens is 2. The zero-order valence-electron chi connectivity index (χ0n) is 8.26. The van der Waals surface area contributed by atoms with Crippen LogP contribution in [0, 0.1) is 0 Å². The number of hydrogen-bond donors (Lipinski definition) is 2. The van der Waals surface area contributed by atoms with Crippen LogP contribution in [-0.2, 0) is 0 Å². The maximum Gasteiger partial charge on any atom is 0.148 e. The Morgan fingerprint density at radius 2 is 2.23 bits per heavy atom. The van der Waals surface area contributed by atoms with E-state index in [1.807, 2.05) is 20.8 Å². The van der Waals surface area contributed by atoms with Crippen molar-refractivity contribution in [3.05, 3.63) is 23.8 Å². The molecule has 3 nitrogen and oxygen atoms in total. The van der Waals surface area contributed by atoms with Crippen molar-refractivity contribution in [2.75, 3.05) is 6.54 Å². The van der Waals surface area contributed by atoms with Gasteiger partial charge >= 0.3 is 0 Å². The molecule has 13 heavy (non-hydrogen) atoms. The van der Waals surface area contributed by atoms with E-state index in [2.05, 4.69) is 9.97 Å². The summed E-state index contributed by atoms with van der Waals surface area (Å²) in [5, 5.41) is 0.609. The quantitative estimate of drug-likeness (QED) is 0.772. The summed E-state index contributed by atoms with van der Waals surface area (Å²) in [6.45, 7) is 6.34. The molecule has 1 aromatic heterocycles. The summed E-state index contributed by atoms with van der Waals surface area (Å²) in [6.07, 6.45) is 3.38. The largest absolute Gasteiger partial charge is 0.344 e. The molecule has 0 spiro atoms. The highest BCUT2D eigenvalue weighted by Crippen LogP contribution is 2.17. The van der Waals surface area contributed by atoms with Gasteiger partial charge in [-0.2, -0.15) is 0 Å². The summed E-state index contributed by atoms with van der Waals surface area (Å²) < 4.78 is 0. The van der Waals surface area contributed by atoms with Gasteiger partial charge in [0.1, 0.15) is 5.82 Å². The number of imidazole rings is 1. The molecule has 1 heterocycles. The third-order valence-electron chi connectivity index (χ3n) is 1.39. The fourth-order valence-electron chi connectivity index (χ4n) is 0.677. The Labute approximate surface area is 84.0 Å². The van der Waals surface area contributed by atoms with E-state index >= 15 is 0 Å². The molecule has 0 unspecified atom stereocenters. The van der Waals surface area contributed by atoms with Gasteiger partial charge in [0.25, 0.3) is 0 Å². The van der Waals surface area contributed by atoms with Gasteiger partial charge in [-0.15, -0.1) is 0 Å². The molecular formula is C9H16ClN3. The van der Waals surface area contributed by atoms with Gasteiger partial charge in [-0.3, -0.25) is 0 Å². The fraction of sp³-hybridized carbons (Fsp3) is 0.444. The highest BCUT2D eigenvalue weighted by atomic mass is 35.5. The van der Waals surface area contributed by atoms with Gasteiger partial charge in [0, 0.05) is 18.9 Å². The Kier molecular flexibility index (Phi) is 6.28. The van der Waals surface area contributed by atoms with E-state index in [-0.39, 0.29) is 0 Å². The molecule has 74 valence electrons. The van der Waals surface area contributed by atoms with Gasteiger partial charge in [-0.05, 0) is 12.5 Å². The van der Waals surface area contributed by atoms with E-state index in [1.54, 1.807) is 12.4 Å². The summed E-state index contributed by atoms with van der Waals surface area (Å²) in [4.78, 5) is 6.88. The Morgan fingerprint density at radius 1 is 1.62 bits per heavy atom. The number of H-pyrrole nitrogens is 1. The molecule has 0 aliphatic heterocycles. The monoisotopic (exact) mass is 201 g/mol. The molecule has 0 aromatic carbocycles. The molecule has 0 bridgehead atoms. The van der Waals surface area contributed by atoms with Crippen LogP contribution in [0.25, 0.3) is 5.03 Å². The molecule has 0 aliphatic rings. The van der Waals surface area contributed by atoms with Gasteiger partial charge in [0.15, 0.2) is 0 Å². The molecule has 0 fully saturated rings. The molecule has 0 aliphatic carbocycles. The highest BCUT2D eigenvalue weighted by Gasteiger charge is 2.02. The summed E-state index contributed by atoms with van der Waals surface area (Å²) in [5.41, 5.74) is 6.33. The van der Waals surface area contributed by atoms with Crippen LogP contribution in [0.4, 0.5) is 0 Å². The first-order chi connectivity index (χ1) is 6.25. The minimum atomic E-state index is 0.458. The Morgan fingerprint density at radius 3 is 2.62 bits per heavy atom. The van der Waals surface area contributed by atoms with Gasteiger partial charge in [0.2, 0.25) is 0 Å². The first-order valence-electron chi connectivity index (χ1n) is 4.30. The number of nitrogens with one attached hydrogen (secondary N) is 1. The number of hydrogen-bond acceptors (Lipinski definition) is 2. The normalized spacial score (nSPS) is 11.5. The molecule has 0 saturated carbocycles. The van der Waals surface area contributed by atoms with Crippen LogP contribution in [0.1, 0.15) is 26.6 Å². The van der Waals surface area contributed by atoms with E-state index < -0.39 is 0 Å². The summed E-state index contributed by atoms with van der Waals surface area (Å²) >= 11 is 5.90. The van der Waals surface area contributed by atoms with Crippen molar-refractivity contribution >= 4 is 16.6 Å². The van der Waals surface area contributed by atoms with Crippen LogP contribution < -0.4 is 5.73 Å². The number of rotatable bonds is 2. The molecule has 0 atom stereocenters. The lowest BCUT2D eigenvalue weighted by Crippen LogP contribution is -2.01. The van der Waals surface area contributed by atoms with Crippen LogP contribution in [0.15, 0.2) is 18.0 Å². The molecule has 3 N–H and O–H groups in total. The smallest absolute Gasteiger partial charge is 0.148 e. The van der Waals surface area contributed by atoms with Gasteiger partial charge < -0.3 is 10.7 Å². The highest BCUT2D eigenvalue weighted by molar-refractivity contribution is 6.48. The Balaban J connectivity index is 0.000000671. The molecular weight excluding hydrogens is 186 g/mol. The van der Waals surface area contributed by atoms with Gasteiger partial charge in [0.05, 0.1) is 5.03 Å². The van der Waals surface area contributed by atoms with Crippen molar-refractivity contribution in [2.45, 2.75) is 20.8 Å². The summed E-state index contributed by atoms with van der Waals surface area (Å²) in [5.74, 6) is 0.676. The van der Waals surface area contributed by atoms with Crippen LogP contribution in [0.5, 0.6) is 0 Å². The first kappa shape index (κ1) is 12.2. The van der Waals surface area contributed by atoms with E-state index in [9.17, 15) is 0 Å². The van der Waals surface area contributed by atoms with E-state index in [0.29, 0.717) is 17.4 Å². The standard InChI is InChI=1S/C7H10ClN3.C2H6/c1-5(4-9)6(8)7-10-2-3-11-7;1-2/h2-3H,4,9H2,1H3,(H,10,11);1-2H3/b6-5+;. The Hall–Kier alpha value is -0.800. The van der Waals surface area contributed by atoms with Crippen molar-refractivity contribution in [3.63, 3.8) is 0 Å². The van der Waals surface area contributed by atoms with Crippen LogP contribution in [0.2, 0.25) is 0 Å². The third kappa shape index (κ3) is 3.61. The Bertz CT molecular complexity index is 252. The fourth-order valence-corrected chi connectivity index (χ4v) is 0.858. The molecule has 1 aromatic rings.